The second kappa shape index (κ2) is 7.48. The molecule has 1 N–H and O–H groups in total. The van der Waals surface area contributed by atoms with E-state index in [0.29, 0.717) is 28.5 Å². The van der Waals surface area contributed by atoms with Crippen molar-refractivity contribution in [3.63, 3.8) is 0 Å². The maximum atomic E-state index is 13.2. The Morgan fingerprint density at radius 3 is 2.62 bits per heavy atom. The van der Waals surface area contributed by atoms with Crippen LogP contribution in [0, 0.1) is 19.7 Å². The molecule has 4 nitrogen and oxygen atoms in total. The van der Waals surface area contributed by atoms with Gasteiger partial charge >= 0.3 is 0 Å². The molecule has 0 radical (unpaired) electrons. The van der Waals surface area contributed by atoms with Crippen LogP contribution in [0.4, 0.5) is 10.1 Å². The average Bonchev–Trinajstić information content (AvgIpc) is 2.86. The van der Waals surface area contributed by atoms with Gasteiger partial charge in [0.25, 0.3) is 5.91 Å². The van der Waals surface area contributed by atoms with Crippen molar-refractivity contribution in [2.45, 2.75) is 20.4 Å². The normalized spacial score (nSPS) is 10.8. The number of carbonyl (C=O) groups excluding carboxylic acids is 1. The number of amides is 1. The standard InChI is InChI=1S/C19H16Cl2FN3O/c1-11-9-14(22)7-8-16(11)23-19(26)17-12(2)24-25(18(17)21)10-13-5-3-4-6-15(13)20/h3-9H,10H2,1-2H3,(H,23,26). The Kier molecular flexibility index (Phi) is 5.30. The van der Waals surface area contributed by atoms with Gasteiger partial charge < -0.3 is 5.32 Å². The van der Waals surface area contributed by atoms with Crippen LogP contribution in [0.1, 0.15) is 27.2 Å². The molecule has 1 aromatic heterocycles. The molecule has 0 unspecified atom stereocenters. The summed E-state index contributed by atoms with van der Waals surface area (Å²) in [6, 6.07) is 11.5. The predicted octanol–water partition coefficient (Wildman–Crippen LogP) is 5.25. The van der Waals surface area contributed by atoms with Gasteiger partial charge in [-0.2, -0.15) is 5.10 Å². The number of aryl methyl sites for hydroxylation is 2. The lowest BCUT2D eigenvalue weighted by Crippen LogP contribution is -2.14. The van der Waals surface area contributed by atoms with Crippen LogP contribution in [0.3, 0.4) is 0 Å². The lowest BCUT2D eigenvalue weighted by Gasteiger charge is -2.09. The van der Waals surface area contributed by atoms with Crippen molar-refractivity contribution < 1.29 is 9.18 Å². The summed E-state index contributed by atoms with van der Waals surface area (Å²) in [6.45, 7) is 3.78. The minimum absolute atomic E-state index is 0.222. The van der Waals surface area contributed by atoms with Crippen LogP contribution in [0.25, 0.3) is 0 Å². The van der Waals surface area contributed by atoms with Crippen molar-refractivity contribution in [1.82, 2.24) is 9.78 Å². The summed E-state index contributed by atoms with van der Waals surface area (Å²) in [5.74, 6) is -0.755. The molecule has 2 aromatic carbocycles. The Bertz CT molecular complexity index is 985. The highest BCUT2D eigenvalue weighted by Crippen LogP contribution is 2.25. The summed E-state index contributed by atoms with van der Waals surface area (Å²) in [4.78, 5) is 12.7. The molecule has 7 heteroatoms. The van der Waals surface area contributed by atoms with Crippen LogP contribution in [-0.4, -0.2) is 15.7 Å². The van der Waals surface area contributed by atoms with E-state index in [1.54, 1.807) is 19.9 Å². The van der Waals surface area contributed by atoms with Crippen molar-refractivity contribution in [2.24, 2.45) is 0 Å². The molecule has 26 heavy (non-hydrogen) atoms. The number of benzene rings is 2. The molecular formula is C19H16Cl2FN3O. The first-order valence-corrected chi connectivity index (χ1v) is 8.66. The summed E-state index contributed by atoms with van der Waals surface area (Å²) in [6.07, 6.45) is 0. The lowest BCUT2D eigenvalue weighted by atomic mass is 10.1. The smallest absolute Gasteiger partial charge is 0.260 e. The van der Waals surface area contributed by atoms with E-state index in [1.807, 2.05) is 18.2 Å². The van der Waals surface area contributed by atoms with Gasteiger partial charge in [0.2, 0.25) is 0 Å². The fourth-order valence-corrected chi connectivity index (χ4v) is 3.17. The Hall–Kier alpha value is -2.37. The molecule has 0 saturated carbocycles. The SMILES string of the molecule is Cc1cc(F)ccc1NC(=O)c1c(C)nn(Cc2ccccc2Cl)c1Cl. The van der Waals surface area contributed by atoms with Crippen LogP contribution in [-0.2, 0) is 6.54 Å². The van der Waals surface area contributed by atoms with Crippen molar-refractivity contribution >= 4 is 34.8 Å². The number of halogens is 3. The highest BCUT2D eigenvalue weighted by Gasteiger charge is 2.21. The Labute approximate surface area is 160 Å². The van der Waals surface area contributed by atoms with Gasteiger partial charge in [0.15, 0.2) is 0 Å². The fraction of sp³-hybridized carbons (Fsp3) is 0.158. The zero-order valence-corrected chi connectivity index (χ0v) is 15.7. The first kappa shape index (κ1) is 18.4. The molecule has 1 amide bonds. The Balaban J connectivity index is 1.87. The van der Waals surface area contributed by atoms with Gasteiger partial charge in [-0.25, -0.2) is 9.07 Å². The number of aromatic nitrogens is 2. The minimum atomic E-state index is -0.396. The van der Waals surface area contributed by atoms with Crippen molar-refractivity contribution in [1.29, 1.82) is 0 Å². The van der Waals surface area contributed by atoms with Gasteiger partial charge in [-0.05, 0) is 49.2 Å². The van der Waals surface area contributed by atoms with Crippen LogP contribution in [0.15, 0.2) is 42.5 Å². The van der Waals surface area contributed by atoms with Gasteiger partial charge in [0, 0.05) is 10.7 Å². The molecule has 0 saturated heterocycles. The minimum Gasteiger partial charge on any atom is -0.322 e. The molecule has 1 heterocycles. The second-order valence-electron chi connectivity index (χ2n) is 5.91. The maximum Gasteiger partial charge on any atom is 0.260 e. The fourth-order valence-electron chi connectivity index (χ4n) is 2.66. The average molecular weight is 392 g/mol. The van der Waals surface area contributed by atoms with Gasteiger partial charge in [-0.1, -0.05) is 41.4 Å². The first-order valence-electron chi connectivity index (χ1n) is 7.90. The number of nitrogens with zero attached hydrogens (tertiary/aromatic N) is 2. The summed E-state index contributed by atoms with van der Waals surface area (Å²) < 4.78 is 14.8. The van der Waals surface area contributed by atoms with Gasteiger partial charge in [0.1, 0.15) is 11.0 Å². The zero-order valence-electron chi connectivity index (χ0n) is 14.2. The van der Waals surface area contributed by atoms with Crippen molar-refractivity contribution in [2.75, 3.05) is 5.32 Å². The number of carbonyl (C=O) groups is 1. The maximum absolute atomic E-state index is 13.2. The van der Waals surface area contributed by atoms with E-state index in [-0.39, 0.29) is 16.5 Å². The van der Waals surface area contributed by atoms with Crippen LogP contribution >= 0.6 is 23.2 Å². The first-order chi connectivity index (χ1) is 12.4. The largest absolute Gasteiger partial charge is 0.322 e. The Morgan fingerprint density at radius 2 is 1.92 bits per heavy atom. The van der Waals surface area contributed by atoms with Crippen LogP contribution in [0.2, 0.25) is 10.2 Å². The van der Waals surface area contributed by atoms with E-state index in [9.17, 15) is 9.18 Å². The molecule has 0 fully saturated rings. The summed E-state index contributed by atoms with van der Waals surface area (Å²) in [7, 11) is 0. The van der Waals surface area contributed by atoms with Gasteiger partial charge in [0.05, 0.1) is 17.8 Å². The third kappa shape index (κ3) is 3.74. The molecule has 3 aromatic rings. The lowest BCUT2D eigenvalue weighted by molar-refractivity contribution is 0.102. The monoisotopic (exact) mass is 391 g/mol. The highest BCUT2D eigenvalue weighted by atomic mass is 35.5. The van der Waals surface area contributed by atoms with Gasteiger partial charge in [-0.3, -0.25) is 4.79 Å². The topological polar surface area (TPSA) is 46.9 Å². The number of nitrogens with one attached hydrogen (secondary N) is 1. The number of anilines is 1. The Morgan fingerprint density at radius 1 is 1.19 bits per heavy atom. The predicted molar refractivity (Wildman–Crippen MR) is 102 cm³/mol. The highest BCUT2D eigenvalue weighted by molar-refractivity contribution is 6.34. The third-order valence-electron chi connectivity index (χ3n) is 4.01. The van der Waals surface area contributed by atoms with Crippen molar-refractivity contribution in [3.05, 3.63) is 80.8 Å². The third-order valence-corrected chi connectivity index (χ3v) is 4.76. The van der Waals surface area contributed by atoms with Gasteiger partial charge in [-0.15, -0.1) is 0 Å². The zero-order chi connectivity index (χ0) is 18.8. The summed E-state index contributed by atoms with van der Waals surface area (Å²) in [5, 5.41) is 7.93. The quantitative estimate of drug-likeness (QED) is 0.660. The van der Waals surface area contributed by atoms with E-state index in [1.165, 1.54) is 22.9 Å². The molecule has 134 valence electrons. The molecular weight excluding hydrogens is 376 g/mol. The van der Waals surface area contributed by atoms with E-state index in [0.717, 1.165) is 5.56 Å². The summed E-state index contributed by atoms with van der Waals surface area (Å²) in [5.41, 5.74) is 2.77. The molecule has 0 aliphatic rings. The molecule has 0 aliphatic carbocycles. The van der Waals surface area contributed by atoms with E-state index in [2.05, 4.69) is 10.4 Å². The molecule has 0 aliphatic heterocycles. The molecule has 0 atom stereocenters. The van der Waals surface area contributed by atoms with E-state index >= 15 is 0 Å². The van der Waals surface area contributed by atoms with E-state index < -0.39 is 5.91 Å². The molecule has 0 bridgehead atoms. The van der Waals surface area contributed by atoms with Crippen molar-refractivity contribution in [3.8, 4) is 0 Å². The molecule has 3 rings (SSSR count). The van der Waals surface area contributed by atoms with Crippen LogP contribution < -0.4 is 5.32 Å². The van der Waals surface area contributed by atoms with E-state index in [4.69, 9.17) is 23.2 Å². The number of hydrogen-bond acceptors (Lipinski definition) is 2. The number of hydrogen-bond donors (Lipinski definition) is 1. The molecule has 0 spiro atoms. The van der Waals surface area contributed by atoms with Crippen LogP contribution in [0.5, 0.6) is 0 Å². The summed E-state index contributed by atoms with van der Waals surface area (Å²) >= 11 is 12.6. The second-order valence-corrected chi connectivity index (χ2v) is 6.68. The number of rotatable bonds is 4.